The van der Waals surface area contributed by atoms with Gasteiger partial charge in [-0.25, -0.2) is 4.79 Å². The monoisotopic (exact) mass is 351 g/mol. The lowest BCUT2D eigenvalue weighted by Gasteiger charge is -2.11. The van der Waals surface area contributed by atoms with Crippen molar-refractivity contribution in [1.82, 2.24) is 0 Å². The first kappa shape index (κ1) is 17.7. The maximum Gasteiger partial charge on any atom is 0.342 e. The first-order valence-corrected chi connectivity index (χ1v) is 7.50. The van der Waals surface area contributed by atoms with E-state index in [-0.39, 0.29) is 23.8 Å². The zero-order chi connectivity index (χ0) is 17.5. The Morgan fingerprint density at radius 2 is 1.71 bits per heavy atom. The predicted molar refractivity (Wildman–Crippen MR) is 91.2 cm³/mol. The number of carbonyl (C=O) groups excluding carboxylic acids is 1. The number of hydrogen-bond acceptors (Lipinski definition) is 6. The van der Waals surface area contributed by atoms with E-state index in [9.17, 15) is 4.79 Å². The third kappa shape index (κ3) is 4.45. The van der Waals surface area contributed by atoms with Gasteiger partial charge < -0.3 is 24.7 Å². The number of nitrogen functional groups attached to an aromatic ring is 1. The smallest absolute Gasteiger partial charge is 0.342 e. The van der Waals surface area contributed by atoms with Crippen molar-refractivity contribution in [3.63, 3.8) is 0 Å². The van der Waals surface area contributed by atoms with Crippen LogP contribution in [0.1, 0.15) is 10.4 Å². The number of benzene rings is 2. The van der Waals surface area contributed by atoms with Crippen LogP contribution in [0.2, 0.25) is 5.02 Å². The zero-order valence-corrected chi connectivity index (χ0v) is 14.1. The van der Waals surface area contributed by atoms with E-state index in [2.05, 4.69) is 0 Å². The van der Waals surface area contributed by atoms with Gasteiger partial charge in [-0.05, 0) is 30.3 Å². The first-order chi connectivity index (χ1) is 11.5. The minimum Gasteiger partial charge on any atom is -0.497 e. The van der Waals surface area contributed by atoms with Gasteiger partial charge in [0.25, 0.3) is 0 Å². The predicted octanol–water partition coefficient (Wildman–Crippen LogP) is 3.18. The molecule has 6 nitrogen and oxygen atoms in total. The number of rotatable bonds is 7. The normalized spacial score (nSPS) is 10.1. The van der Waals surface area contributed by atoms with E-state index in [0.717, 1.165) is 5.75 Å². The molecular weight excluding hydrogens is 334 g/mol. The van der Waals surface area contributed by atoms with Crippen LogP contribution in [0, 0.1) is 0 Å². The van der Waals surface area contributed by atoms with Crippen molar-refractivity contribution in [2.45, 2.75) is 0 Å². The summed E-state index contributed by atoms with van der Waals surface area (Å²) in [5, 5.41) is 0.261. The molecule has 0 spiro atoms. The summed E-state index contributed by atoms with van der Waals surface area (Å²) in [6.45, 7) is 0.291. The standard InChI is InChI=1S/C17H18ClNO5/c1-21-11-3-5-12(6-4-11)23-7-8-24-17(20)13-9-14(18)15(19)10-16(13)22-2/h3-6,9-10H,7-8,19H2,1-2H3. The van der Waals surface area contributed by atoms with E-state index in [4.69, 9.17) is 36.3 Å². The van der Waals surface area contributed by atoms with Crippen molar-refractivity contribution in [3.05, 3.63) is 47.0 Å². The second-order valence-corrected chi connectivity index (χ2v) is 5.14. The topological polar surface area (TPSA) is 80.0 Å². The second-order valence-electron chi connectivity index (χ2n) is 4.73. The van der Waals surface area contributed by atoms with Gasteiger partial charge in [0.2, 0.25) is 0 Å². The largest absolute Gasteiger partial charge is 0.497 e. The third-order valence-corrected chi connectivity index (χ3v) is 3.51. The molecule has 2 aromatic rings. The lowest BCUT2D eigenvalue weighted by Crippen LogP contribution is -2.13. The summed E-state index contributed by atoms with van der Waals surface area (Å²) in [4.78, 5) is 12.1. The molecule has 0 bridgehead atoms. The minimum absolute atomic E-state index is 0.0794. The van der Waals surface area contributed by atoms with Crippen LogP contribution >= 0.6 is 11.6 Å². The molecule has 0 saturated heterocycles. The van der Waals surface area contributed by atoms with Gasteiger partial charge in [-0.2, -0.15) is 0 Å². The summed E-state index contributed by atoms with van der Waals surface area (Å²) in [5.41, 5.74) is 6.22. The molecule has 0 radical (unpaired) electrons. The van der Waals surface area contributed by atoms with Crippen LogP contribution in [-0.4, -0.2) is 33.4 Å². The molecule has 0 saturated carbocycles. The Hall–Kier alpha value is -2.60. The van der Waals surface area contributed by atoms with Crippen molar-refractivity contribution in [3.8, 4) is 17.2 Å². The molecule has 0 amide bonds. The van der Waals surface area contributed by atoms with Crippen LogP contribution in [0.25, 0.3) is 0 Å². The Morgan fingerprint density at radius 3 is 2.33 bits per heavy atom. The van der Waals surface area contributed by atoms with Crippen LogP contribution in [0.15, 0.2) is 36.4 Å². The maximum atomic E-state index is 12.1. The molecule has 0 aromatic heterocycles. The van der Waals surface area contributed by atoms with E-state index in [1.807, 2.05) is 0 Å². The summed E-state index contributed by atoms with van der Waals surface area (Å²) in [6, 6.07) is 9.99. The first-order valence-electron chi connectivity index (χ1n) is 7.12. The number of methoxy groups -OCH3 is 2. The van der Waals surface area contributed by atoms with Crippen LogP contribution in [0.5, 0.6) is 17.2 Å². The summed E-state index contributed by atoms with van der Waals surface area (Å²) in [7, 11) is 3.03. The average molecular weight is 352 g/mol. The van der Waals surface area contributed by atoms with Gasteiger partial charge in [0.1, 0.15) is 36.0 Å². The molecule has 0 atom stereocenters. The fraction of sp³-hybridized carbons (Fsp3) is 0.235. The van der Waals surface area contributed by atoms with E-state index < -0.39 is 5.97 Å². The van der Waals surface area contributed by atoms with E-state index in [1.165, 1.54) is 19.2 Å². The van der Waals surface area contributed by atoms with Crippen molar-refractivity contribution in [2.75, 3.05) is 33.2 Å². The molecule has 0 heterocycles. The van der Waals surface area contributed by atoms with E-state index in [1.54, 1.807) is 31.4 Å². The minimum atomic E-state index is -0.563. The highest BCUT2D eigenvalue weighted by Gasteiger charge is 2.16. The van der Waals surface area contributed by atoms with Crippen molar-refractivity contribution < 1.29 is 23.7 Å². The van der Waals surface area contributed by atoms with Crippen molar-refractivity contribution >= 4 is 23.3 Å². The summed E-state index contributed by atoms with van der Waals surface area (Å²) in [5.74, 6) is 1.13. The quantitative estimate of drug-likeness (QED) is 0.469. The summed E-state index contributed by atoms with van der Waals surface area (Å²) in [6.07, 6.45) is 0. The fourth-order valence-corrected chi connectivity index (χ4v) is 2.10. The highest BCUT2D eigenvalue weighted by atomic mass is 35.5. The van der Waals surface area contributed by atoms with Gasteiger partial charge in [0.05, 0.1) is 24.9 Å². The highest BCUT2D eigenvalue weighted by Crippen LogP contribution is 2.29. The number of nitrogens with two attached hydrogens (primary N) is 1. The van der Waals surface area contributed by atoms with E-state index in [0.29, 0.717) is 17.2 Å². The Balaban J connectivity index is 1.88. The molecule has 0 unspecified atom stereocenters. The van der Waals surface area contributed by atoms with Crippen LogP contribution in [-0.2, 0) is 4.74 Å². The molecule has 2 aromatic carbocycles. The van der Waals surface area contributed by atoms with Crippen molar-refractivity contribution in [1.29, 1.82) is 0 Å². The van der Waals surface area contributed by atoms with Gasteiger partial charge in [0, 0.05) is 6.07 Å². The molecule has 2 N–H and O–H groups in total. The zero-order valence-electron chi connectivity index (χ0n) is 13.4. The molecule has 2 rings (SSSR count). The molecule has 0 fully saturated rings. The number of esters is 1. The molecule has 128 valence electrons. The molecule has 24 heavy (non-hydrogen) atoms. The number of hydrogen-bond donors (Lipinski definition) is 1. The van der Waals surface area contributed by atoms with Gasteiger partial charge in [-0.1, -0.05) is 11.6 Å². The number of carbonyl (C=O) groups is 1. The van der Waals surface area contributed by atoms with Gasteiger partial charge in [-0.3, -0.25) is 0 Å². The number of anilines is 1. The van der Waals surface area contributed by atoms with Crippen LogP contribution in [0.4, 0.5) is 5.69 Å². The Labute approximate surface area is 145 Å². The SMILES string of the molecule is COc1ccc(OCCOC(=O)c2cc(Cl)c(N)cc2OC)cc1. The van der Waals surface area contributed by atoms with Gasteiger partial charge >= 0.3 is 5.97 Å². The molecule has 0 aliphatic carbocycles. The van der Waals surface area contributed by atoms with E-state index >= 15 is 0 Å². The van der Waals surface area contributed by atoms with Gasteiger partial charge in [-0.15, -0.1) is 0 Å². The fourth-order valence-electron chi connectivity index (χ4n) is 1.94. The molecular formula is C17H18ClNO5. The summed E-state index contributed by atoms with van der Waals surface area (Å²) < 4.78 is 20.8. The number of halogens is 1. The Bertz CT molecular complexity index is 703. The van der Waals surface area contributed by atoms with Crippen LogP contribution in [0.3, 0.4) is 0 Å². The van der Waals surface area contributed by atoms with Crippen molar-refractivity contribution in [2.24, 2.45) is 0 Å². The van der Waals surface area contributed by atoms with Crippen LogP contribution < -0.4 is 19.9 Å². The molecule has 0 aliphatic heterocycles. The maximum absolute atomic E-state index is 12.1. The third-order valence-electron chi connectivity index (χ3n) is 3.18. The average Bonchev–Trinajstić information content (AvgIpc) is 2.61. The Kier molecular flexibility index (Phi) is 6.14. The van der Waals surface area contributed by atoms with Gasteiger partial charge in [0.15, 0.2) is 0 Å². The highest BCUT2D eigenvalue weighted by molar-refractivity contribution is 6.33. The lowest BCUT2D eigenvalue weighted by atomic mass is 10.2. The summed E-state index contributed by atoms with van der Waals surface area (Å²) >= 11 is 5.93. The lowest BCUT2D eigenvalue weighted by molar-refractivity contribution is 0.0447. The Morgan fingerprint density at radius 1 is 1.04 bits per heavy atom. The number of ether oxygens (including phenoxy) is 4. The molecule has 0 aliphatic rings. The second kappa shape index (κ2) is 8.31. The molecule has 7 heteroatoms.